The summed E-state index contributed by atoms with van der Waals surface area (Å²) in [6, 6.07) is 8.35. The summed E-state index contributed by atoms with van der Waals surface area (Å²) in [6.45, 7) is 2.55. The summed E-state index contributed by atoms with van der Waals surface area (Å²) in [4.78, 5) is 2.07. The van der Waals surface area contributed by atoms with Crippen molar-refractivity contribution in [3.05, 3.63) is 41.6 Å². The molecule has 0 aliphatic heterocycles. The van der Waals surface area contributed by atoms with Crippen molar-refractivity contribution in [3.63, 3.8) is 0 Å². The molecule has 0 unspecified atom stereocenters. The van der Waals surface area contributed by atoms with Crippen LogP contribution in [-0.2, 0) is 13.1 Å². The fraction of sp³-hybridized carbons (Fsp3) is 0.400. The summed E-state index contributed by atoms with van der Waals surface area (Å²) in [7, 11) is 4.04. The van der Waals surface area contributed by atoms with Crippen LogP contribution in [0.5, 0.6) is 0 Å². The Morgan fingerprint density at radius 2 is 1.82 bits per heavy atom. The van der Waals surface area contributed by atoms with Gasteiger partial charge >= 0.3 is 0 Å². The monoisotopic (exact) mass is 348 g/mol. The van der Waals surface area contributed by atoms with Crippen LogP contribution >= 0.6 is 24.8 Å². The number of hydrogen-bond donors (Lipinski definition) is 1. The average Bonchev–Trinajstić information content (AvgIpc) is 2.78. The predicted octanol–water partition coefficient (Wildman–Crippen LogP) is 3.68. The Balaban J connectivity index is 0.00000220. The minimum Gasteiger partial charge on any atom is -0.378 e. The zero-order valence-corrected chi connectivity index (χ0v) is 14.7. The molecule has 0 fully saturated rings. The molecule has 124 valence electrons. The van der Waals surface area contributed by atoms with Gasteiger partial charge in [0.1, 0.15) is 12.5 Å². The second-order valence-electron chi connectivity index (χ2n) is 5.00. The minimum absolute atomic E-state index is 0. The van der Waals surface area contributed by atoms with E-state index in [0.717, 1.165) is 11.4 Å². The maximum atomic E-state index is 12.5. The molecule has 0 amide bonds. The first-order valence-corrected chi connectivity index (χ1v) is 6.70. The molecule has 2 rings (SSSR count). The van der Waals surface area contributed by atoms with Crippen molar-refractivity contribution in [2.75, 3.05) is 31.0 Å². The Morgan fingerprint density at radius 1 is 1.18 bits per heavy atom. The summed E-state index contributed by atoms with van der Waals surface area (Å²) in [6.07, 6.45) is 1.76. The van der Waals surface area contributed by atoms with Gasteiger partial charge in [0.05, 0.1) is 12.7 Å². The number of aryl methyl sites for hydroxylation is 2. The Bertz CT molecular complexity index is 555. The maximum absolute atomic E-state index is 12.5. The molecule has 0 spiro atoms. The van der Waals surface area contributed by atoms with Crippen molar-refractivity contribution in [2.24, 2.45) is 0 Å². The normalized spacial score (nSPS) is 9.64. The number of rotatable bonds is 6. The molecule has 4 nitrogen and oxygen atoms in total. The van der Waals surface area contributed by atoms with E-state index in [-0.39, 0.29) is 31.4 Å². The number of halogens is 3. The molecule has 7 heteroatoms. The smallest absolute Gasteiger partial charge is 0.127 e. The lowest BCUT2D eigenvalue weighted by atomic mass is 10.2. The third-order valence-electron chi connectivity index (χ3n) is 3.23. The Kier molecular flexibility index (Phi) is 8.90. The Hall–Kier alpha value is -1.46. The summed E-state index contributed by atoms with van der Waals surface area (Å²) >= 11 is 0. The van der Waals surface area contributed by atoms with Crippen molar-refractivity contribution in [2.45, 2.75) is 20.0 Å². The van der Waals surface area contributed by atoms with E-state index in [2.05, 4.69) is 39.6 Å². The molecule has 1 aromatic heterocycles. The number of nitrogens with one attached hydrogen (secondary N) is 1. The Labute approximate surface area is 143 Å². The van der Waals surface area contributed by atoms with Crippen LogP contribution in [0.4, 0.5) is 15.9 Å². The van der Waals surface area contributed by atoms with Crippen LogP contribution < -0.4 is 10.2 Å². The highest BCUT2D eigenvalue weighted by atomic mass is 35.5. The molecule has 1 N–H and O–H groups in total. The molecule has 0 bridgehead atoms. The molecular formula is C15H23Cl2FN4. The van der Waals surface area contributed by atoms with Crippen molar-refractivity contribution in [1.82, 2.24) is 9.78 Å². The van der Waals surface area contributed by atoms with E-state index in [1.165, 1.54) is 11.3 Å². The molecule has 0 radical (unpaired) electrons. The van der Waals surface area contributed by atoms with Gasteiger partial charge in [-0.15, -0.1) is 24.8 Å². The molecule has 0 atom stereocenters. The van der Waals surface area contributed by atoms with E-state index in [0.29, 0.717) is 6.54 Å². The summed E-state index contributed by atoms with van der Waals surface area (Å²) in [5, 5.41) is 7.49. The third-order valence-corrected chi connectivity index (χ3v) is 3.23. The van der Waals surface area contributed by atoms with Gasteiger partial charge in [0, 0.05) is 31.9 Å². The lowest BCUT2D eigenvalue weighted by Gasteiger charge is -2.14. The van der Waals surface area contributed by atoms with Crippen LogP contribution in [0.3, 0.4) is 0 Å². The molecule has 2 aromatic rings. The summed E-state index contributed by atoms with van der Waals surface area (Å²) in [5.41, 5.74) is 3.39. The fourth-order valence-corrected chi connectivity index (χ4v) is 2.06. The van der Waals surface area contributed by atoms with E-state index >= 15 is 0 Å². The highest BCUT2D eigenvalue weighted by Crippen LogP contribution is 2.17. The molecule has 1 heterocycles. The van der Waals surface area contributed by atoms with Crippen LogP contribution in [0, 0.1) is 6.92 Å². The quantitative estimate of drug-likeness (QED) is 0.864. The van der Waals surface area contributed by atoms with Crippen molar-refractivity contribution in [3.8, 4) is 0 Å². The van der Waals surface area contributed by atoms with Gasteiger partial charge in [0.15, 0.2) is 0 Å². The zero-order chi connectivity index (χ0) is 14.5. The molecule has 0 saturated heterocycles. The second-order valence-corrected chi connectivity index (χ2v) is 5.00. The molecule has 0 saturated carbocycles. The van der Waals surface area contributed by atoms with Gasteiger partial charge in [-0.25, -0.2) is 9.07 Å². The first kappa shape index (κ1) is 20.5. The molecular weight excluding hydrogens is 326 g/mol. The number of alkyl halides is 1. The largest absolute Gasteiger partial charge is 0.378 e. The van der Waals surface area contributed by atoms with Gasteiger partial charge in [-0.05, 0) is 24.6 Å². The third kappa shape index (κ3) is 5.07. The van der Waals surface area contributed by atoms with Crippen LogP contribution in [0.1, 0.15) is 11.1 Å². The first-order chi connectivity index (χ1) is 9.61. The second kappa shape index (κ2) is 9.54. The highest BCUT2D eigenvalue weighted by Gasteiger charge is 2.06. The van der Waals surface area contributed by atoms with Crippen molar-refractivity contribution >= 4 is 36.3 Å². The average molecular weight is 349 g/mol. The van der Waals surface area contributed by atoms with E-state index in [9.17, 15) is 4.39 Å². The van der Waals surface area contributed by atoms with Crippen LogP contribution in [0.25, 0.3) is 0 Å². The Morgan fingerprint density at radius 3 is 2.36 bits per heavy atom. The molecule has 0 aliphatic carbocycles. The predicted molar refractivity (Wildman–Crippen MR) is 95.5 cm³/mol. The topological polar surface area (TPSA) is 33.1 Å². The van der Waals surface area contributed by atoms with Crippen molar-refractivity contribution < 1.29 is 4.39 Å². The van der Waals surface area contributed by atoms with Crippen LogP contribution in [0.15, 0.2) is 30.5 Å². The summed E-state index contributed by atoms with van der Waals surface area (Å²) < 4.78 is 14.1. The highest BCUT2D eigenvalue weighted by molar-refractivity contribution is 5.85. The molecule has 1 aromatic carbocycles. The van der Waals surface area contributed by atoms with Gasteiger partial charge in [-0.2, -0.15) is 5.10 Å². The number of hydrogen-bond acceptors (Lipinski definition) is 3. The van der Waals surface area contributed by atoms with Gasteiger partial charge in [-0.1, -0.05) is 12.1 Å². The first-order valence-electron chi connectivity index (χ1n) is 6.70. The molecule has 0 aliphatic rings. The number of benzene rings is 1. The van der Waals surface area contributed by atoms with Gasteiger partial charge < -0.3 is 10.2 Å². The van der Waals surface area contributed by atoms with Gasteiger partial charge in [0.2, 0.25) is 0 Å². The van der Waals surface area contributed by atoms with E-state index in [1.807, 2.05) is 21.0 Å². The van der Waals surface area contributed by atoms with Crippen molar-refractivity contribution in [1.29, 1.82) is 0 Å². The van der Waals surface area contributed by atoms with E-state index in [4.69, 9.17) is 0 Å². The fourth-order valence-electron chi connectivity index (χ4n) is 2.06. The number of anilines is 2. The van der Waals surface area contributed by atoms with Gasteiger partial charge in [-0.3, -0.25) is 0 Å². The summed E-state index contributed by atoms with van der Waals surface area (Å²) in [5.74, 6) is 0.888. The van der Waals surface area contributed by atoms with E-state index in [1.54, 1.807) is 10.9 Å². The number of nitrogens with zero attached hydrogens (tertiary/aromatic N) is 3. The lowest BCUT2D eigenvalue weighted by Crippen LogP contribution is -2.10. The zero-order valence-electron chi connectivity index (χ0n) is 13.0. The van der Waals surface area contributed by atoms with E-state index < -0.39 is 6.67 Å². The van der Waals surface area contributed by atoms with Crippen LogP contribution in [0.2, 0.25) is 0 Å². The molecule has 22 heavy (non-hydrogen) atoms. The number of aromatic nitrogens is 2. The lowest BCUT2D eigenvalue weighted by molar-refractivity contribution is 0.429. The van der Waals surface area contributed by atoms with Gasteiger partial charge in [0.25, 0.3) is 0 Å². The standard InChI is InChI=1S/C15H21FN4.2ClH/c1-12-10-18-20(9-8-16)15(12)17-11-13-4-6-14(7-5-13)19(2)3;;/h4-7,10,17H,8-9,11H2,1-3H3;2*1H. The van der Waals surface area contributed by atoms with Crippen LogP contribution in [-0.4, -0.2) is 30.6 Å². The SMILES string of the molecule is Cc1cnn(CCF)c1NCc1ccc(N(C)C)cc1.Cl.Cl. The minimum atomic E-state index is -0.409. The maximum Gasteiger partial charge on any atom is 0.127 e.